The Morgan fingerprint density at radius 2 is 1.41 bits per heavy atom. The molecule has 1 N–H and O–H groups in total. The summed E-state index contributed by atoms with van der Waals surface area (Å²) in [5.41, 5.74) is 1.07. The smallest absolute Gasteiger partial charge is 0.133 e. The molecule has 1 atom stereocenters. The van der Waals surface area contributed by atoms with Crippen LogP contribution in [0, 0.1) is 11.8 Å². The molecule has 1 aromatic rings. The highest BCUT2D eigenvalue weighted by atomic mass is 16.5. The summed E-state index contributed by atoms with van der Waals surface area (Å²) in [6, 6.07) is 7.77. The maximum Gasteiger partial charge on any atom is 0.133 e. The molecule has 0 aromatic heterocycles. The fourth-order valence-electron chi connectivity index (χ4n) is 3.64. The monoisotopic (exact) mass is 442 g/mol. The third-order valence-corrected chi connectivity index (χ3v) is 5.64. The minimum Gasteiger partial charge on any atom is -0.497 e. The molecule has 3 nitrogen and oxygen atoms in total. The SMILES string of the molecule is CCCCCCCCCCCCCCC/C=C/[C@H](O)C#CCOCc1ccc(OC)cc1. The van der Waals surface area contributed by atoms with Crippen LogP contribution in [0.5, 0.6) is 5.75 Å². The molecule has 0 unspecified atom stereocenters. The van der Waals surface area contributed by atoms with Crippen molar-refractivity contribution in [1.29, 1.82) is 0 Å². The zero-order valence-corrected chi connectivity index (χ0v) is 20.6. The second-order valence-electron chi connectivity index (χ2n) is 8.57. The van der Waals surface area contributed by atoms with Crippen molar-refractivity contribution in [3.8, 4) is 17.6 Å². The van der Waals surface area contributed by atoms with Crippen molar-refractivity contribution in [3.63, 3.8) is 0 Å². The summed E-state index contributed by atoms with van der Waals surface area (Å²) in [6.45, 7) is 3.10. The lowest BCUT2D eigenvalue weighted by Gasteiger charge is -2.03. The Bertz CT molecular complexity index is 624. The van der Waals surface area contributed by atoms with E-state index in [1.54, 1.807) is 13.2 Å². The van der Waals surface area contributed by atoms with E-state index in [9.17, 15) is 5.11 Å². The molecule has 1 rings (SSSR count). The quantitative estimate of drug-likeness (QED) is 0.136. The number of hydrogen-bond acceptors (Lipinski definition) is 3. The first kappa shape index (κ1) is 28.3. The average molecular weight is 443 g/mol. The predicted octanol–water partition coefficient (Wildman–Crippen LogP) is 7.61. The van der Waals surface area contributed by atoms with Gasteiger partial charge in [-0.2, -0.15) is 0 Å². The minimum atomic E-state index is -0.707. The topological polar surface area (TPSA) is 38.7 Å². The van der Waals surface area contributed by atoms with Crippen molar-refractivity contribution in [2.75, 3.05) is 13.7 Å². The van der Waals surface area contributed by atoms with E-state index in [0.29, 0.717) is 13.2 Å². The third-order valence-electron chi connectivity index (χ3n) is 5.64. The Morgan fingerprint density at radius 1 is 0.844 bits per heavy atom. The van der Waals surface area contributed by atoms with Gasteiger partial charge in [0.2, 0.25) is 0 Å². The van der Waals surface area contributed by atoms with Gasteiger partial charge in [-0.3, -0.25) is 0 Å². The Balaban J connectivity index is 1.90. The highest BCUT2D eigenvalue weighted by Crippen LogP contribution is 2.13. The van der Waals surface area contributed by atoms with E-state index >= 15 is 0 Å². The van der Waals surface area contributed by atoms with Gasteiger partial charge in [-0.15, -0.1) is 0 Å². The molecule has 0 spiro atoms. The molecule has 1 aromatic carbocycles. The van der Waals surface area contributed by atoms with Crippen LogP contribution in [0.3, 0.4) is 0 Å². The summed E-state index contributed by atoms with van der Waals surface area (Å²) < 4.78 is 10.7. The molecule has 0 aliphatic heterocycles. The summed E-state index contributed by atoms with van der Waals surface area (Å²) >= 11 is 0. The fourth-order valence-corrected chi connectivity index (χ4v) is 3.64. The zero-order valence-electron chi connectivity index (χ0n) is 20.6. The normalized spacial score (nSPS) is 12.0. The van der Waals surface area contributed by atoms with Gasteiger partial charge in [0.1, 0.15) is 18.5 Å². The van der Waals surface area contributed by atoms with Crippen molar-refractivity contribution in [2.45, 2.75) is 110 Å². The van der Waals surface area contributed by atoms with Crippen LogP contribution in [0.2, 0.25) is 0 Å². The lowest BCUT2D eigenvalue weighted by molar-refractivity contribution is 0.153. The Kier molecular flexibility index (Phi) is 18.6. The average Bonchev–Trinajstić information content (AvgIpc) is 2.81. The molecule has 3 heteroatoms. The van der Waals surface area contributed by atoms with Crippen LogP contribution in [-0.2, 0) is 11.3 Å². The first-order chi connectivity index (χ1) is 15.8. The van der Waals surface area contributed by atoms with Crippen LogP contribution in [0.1, 0.15) is 102 Å². The van der Waals surface area contributed by atoms with E-state index in [1.165, 1.54) is 83.5 Å². The van der Waals surface area contributed by atoms with E-state index in [0.717, 1.165) is 17.7 Å². The molecule has 0 amide bonds. The summed E-state index contributed by atoms with van der Waals surface area (Å²) in [7, 11) is 1.65. The Hall–Kier alpha value is -1.76. The highest BCUT2D eigenvalue weighted by Gasteiger charge is 1.96. The zero-order chi connectivity index (χ0) is 23.1. The van der Waals surface area contributed by atoms with Gasteiger partial charge in [-0.1, -0.05) is 114 Å². The lowest BCUT2D eigenvalue weighted by atomic mass is 10.0. The third kappa shape index (κ3) is 16.9. The van der Waals surface area contributed by atoms with Gasteiger partial charge in [-0.25, -0.2) is 0 Å². The second-order valence-corrected chi connectivity index (χ2v) is 8.57. The van der Waals surface area contributed by atoms with Crippen LogP contribution in [-0.4, -0.2) is 24.9 Å². The Morgan fingerprint density at radius 3 is 1.97 bits per heavy atom. The Labute approximate surface area is 197 Å². The number of rotatable bonds is 19. The standard InChI is InChI=1S/C29H46O3/c1-3-4-5-6-7-8-9-10-11-12-13-14-15-16-17-19-28(30)20-18-25-32-26-27-21-23-29(31-2)24-22-27/h17,19,21-24,28,30H,3-16,25-26H2,1-2H3/b19-17+/t28-/m0/s1. The van der Waals surface area contributed by atoms with Crippen LogP contribution in [0.25, 0.3) is 0 Å². The summed E-state index contributed by atoms with van der Waals surface area (Å²) in [5, 5.41) is 9.90. The number of aliphatic hydroxyl groups excluding tert-OH is 1. The summed E-state index contributed by atoms with van der Waals surface area (Å²) in [4.78, 5) is 0. The molecule has 32 heavy (non-hydrogen) atoms. The molecule has 180 valence electrons. The minimum absolute atomic E-state index is 0.315. The first-order valence-corrected chi connectivity index (χ1v) is 12.8. The maximum absolute atomic E-state index is 9.90. The molecule has 0 fully saturated rings. The van der Waals surface area contributed by atoms with E-state index in [1.807, 2.05) is 24.3 Å². The second kappa shape index (κ2) is 21.1. The van der Waals surface area contributed by atoms with E-state index in [-0.39, 0.29) is 0 Å². The van der Waals surface area contributed by atoms with Gasteiger partial charge in [0.25, 0.3) is 0 Å². The van der Waals surface area contributed by atoms with Crippen molar-refractivity contribution < 1.29 is 14.6 Å². The molecule has 0 bridgehead atoms. The number of unbranched alkanes of at least 4 members (excludes halogenated alkanes) is 13. The summed E-state index contributed by atoms with van der Waals surface area (Å²) in [6.07, 6.45) is 22.0. The van der Waals surface area contributed by atoms with Crippen LogP contribution in [0.4, 0.5) is 0 Å². The molecule has 0 aliphatic rings. The molecule has 0 aliphatic carbocycles. The van der Waals surface area contributed by atoms with Crippen LogP contribution in [0.15, 0.2) is 36.4 Å². The van der Waals surface area contributed by atoms with Crippen molar-refractivity contribution in [1.82, 2.24) is 0 Å². The molecule has 0 saturated heterocycles. The van der Waals surface area contributed by atoms with Gasteiger partial charge in [-0.05, 0) is 36.6 Å². The van der Waals surface area contributed by atoms with Crippen LogP contribution < -0.4 is 4.74 Å². The van der Waals surface area contributed by atoms with E-state index in [4.69, 9.17) is 9.47 Å². The van der Waals surface area contributed by atoms with Crippen molar-refractivity contribution in [3.05, 3.63) is 42.0 Å². The summed E-state index contributed by atoms with van der Waals surface area (Å²) in [5.74, 6) is 6.53. The molecule has 0 saturated carbocycles. The number of methoxy groups -OCH3 is 1. The number of ether oxygens (including phenoxy) is 2. The number of allylic oxidation sites excluding steroid dienone is 1. The van der Waals surface area contributed by atoms with Gasteiger partial charge in [0.15, 0.2) is 0 Å². The van der Waals surface area contributed by atoms with Gasteiger partial charge in [0.05, 0.1) is 13.7 Å². The maximum atomic E-state index is 9.90. The van der Waals surface area contributed by atoms with Gasteiger partial charge < -0.3 is 14.6 Å². The number of hydrogen-bond donors (Lipinski definition) is 1. The van der Waals surface area contributed by atoms with Gasteiger partial charge in [0, 0.05) is 0 Å². The van der Waals surface area contributed by atoms with E-state index < -0.39 is 6.10 Å². The largest absolute Gasteiger partial charge is 0.497 e. The molecule has 0 heterocycles. The van der Waals surface area contributed by atoms with Crippen molar-refractivity contribution in [2.24, 2.45) is 0 Å². The fraction of sp³-hybridized carbons (Fsp3) is 0.655. The van der Waals surface area contributed by atoms with E-state index in [2.05, 4.69) is 24.8 Å². The predicted molar refractivity (Wildman–Crippen MR) is 136 cm³/mol. The lowest BCUT2D eigenvalue weighted by Crippen LogP contribution is -1.99. The first-order valence-electron chi connectivity index (χ1n) is 12.8. The van der Waals surface area contributed by atoms with Crippen molar-refractivity contribution >= 4 is 0 Å². The molecular weight excluding hydrogens is 396 g/mol. The molecular formula is C29H46O3. The van der Waals surface area contributed by atoms with Crippen LogP contribution >= 0.6 is 0 Å². The highest BCUT2D eigenvalue weighted by molar-refractivity contribution is 5.26. The number of benzene rings is 1. The van der Waals surface area contributed by atoms with Gasteiger partial charge >= 0.3 is 0 Å². The number of aliphatic hydroxyl groups is 1. The molecule has 0 radical (unpaired) electrons.